The highest BCUT2D eigenvalue weighted by molar-refractivity contribution is 7.89. The van der Waals surface area contributed by atoms with Gasteiger partial charge in [-0.1, -0.05) is 0 Å². The van der Waals surface area contributed by atoms with Crippen LogP contribution in [-0.2, 0) is 10.0 Å². The number of methoxy groups -OCH3 is 2. The normalized spacial score (nSPS) is 11.4. The van der Waals surface area contributed by atoms with Crippen LogP contribution < -0.4 is 20.0 Å². The molecule has 2 aromatic carbocycles. The molecule has 11 nitrogen and oxygen atoms in total. The summed E-state index contributed by atoms with van der Waals surface area (Å²) >= 11 is 0. The zero-order valence-corrected chi connectivity index (χ0v) is 15.1. The minimum Gasteiger partial charge on any atom is -0.502 e. The van der Waals surface area contributed by atoms with E-state index in [1.165, 1.54) is 38.6 Å². The number of primary sulfonamides is 1. The summed E-state index contributed by atoms with van der Waals surface area (Å²) in [6, 6.07) is 6.07. The summed E-state index contributed by atoms with van der Waals surface area (Å²) in [5.74, 6) is 0.123. The fourth-order valence-electron chi connectivity index (χ4n) is 2.10. The van der Waals surface area contributed by atoms with E-state index in [0.717, 1.165) is 12.1 Å². The van der Waals surface area contributed by atoms with Gasteiger partial charge in [-0.25, -0.2) is 13.6 Å². The first kappa shape index (κ1) is 19.9. The van der Waals surface area contributed by atoms with Crippen LogP contribution in [0.1, 0.15) is 5.56 Å². The molecular weight excluding hydrogens is 380 g/mol. The van der Waals surface area contributed by atoms with Crippen molar-refractivity contribution in [1.29, 1.82) is 0 Å². The number of phenolic OH excluding ortho intramolecular Hbond substituents is 1. The number of nitro groups is 1. The second-order valence-corrected chi connectivity index (χ2v) is 6.69. The predicted molar refractivity (Wildman–Crippen MR) is 96.9 cm³/mol. The van der Waals surface area contributed by atoms with Gasteiger partial charge >= 0.3 is 0 Å². The molecule has 0 saturated heterocycles. The van der Waals surface area contributed by atoms with Crippen LogP contribution in [0.25, 0.3) is 0 Å². The van der Waals surface area contributed by atoms with E-state index in [0.29, 0.717) is 5.56 Å². The van der Waals surface area contributed by atoms with Crippen LogP contribution in [0.15, 0.2) is 40.3 Å². The molecule has 0 amide bonds. The molecule has 0 saturated carbocycles. The summed E-state index contributed by atoms with van der Waals surface area (Å²) in [4.78, 5) is 10.00. The summed E-state index contributed by atoms with van der Waals surface area (Å²) in [7, 11) is -1.35. The Morgan fingerprint density at radius 1 is 1.22 bits per heavy atom. The van der Waals surface area contributed by atoms with E-state index >= 15 is 0 Å². The van der Waals surface area contributed by atoms with Gasteiger partial charge in [-0.15, -0.1) is 0 Å². The maximum atomic E-state index is 11.3. The number of nitrogens with two attached hydrogens (primary N) is 1. The Bertz CT molecular complexity index is 980. The number of benzene rings is 2. The molecule has 0 radical (unpaired) electrons. The molecule has 2 aromatic rings. The summed E-state index contributed by atoms with van der Waals surface area (Å²) in [6.45, 7) is 0. The molecule has 0 atom stereocenters. The maximum absolute atomic E-state index is 11.3. The lowest BCUT2D eigenvalue weighted by molar-refractivity contribution is -0.384. The summed E-state index contributed by atoms with van der Waals surface area (Å²) in [5, 5.41) is 29.9. The first-order valence-electron chi connectivity index (χ1n) is 7.22. The zero-order valence-electron chi connectivity index (χ0n) is 14.2. The molecule has 12 heteroatoms. The Morgan fingerprint density at radius 3 is 2.30 bits per heavy atom. The number of aromatic hydroxyl groups is 1. The highest BCUT2D eigenvalue weighted by Crippen LogP contribution is 2.36. The average molecular weight is 396 g/mol. The van der Waals surface area contributed by atoms with Gasteiger partial charge in [-0.2, -0.15) is 5.10 Å². The van der Waals surface area contributed by atoms with Crippen LogP contribution in [0.5, 0.6) is 17.2 Å². The maximum Gasteiger partial charge on any atom is 0.295 e. The van der Waals surface area contributed by atoms with Crippen LogP contribution in [-0.4, -0.2) is 38.9 Å². The molecule has 0 aromatic heterocycles. The molecule has 144 valence electrons. The second-order valence-electron chi connectivity index (χ2n) is 5.13. The fourth-order valence-corrected chi connectivity index (χ4v) is 2.63. The van der Waals surface area contributed by atoms with Crippen LogP contribution in [0.2, 0.25) is 0 Å². The van der Waals surface area contributed by atoms with Gasteiger partial charge in [0.05, 0.1) is 30.3 Å². The largest absolute Gasteiger partial charge is 0.502 e. The van der Waals surface area contributed by atoms with E-state index < -0.39 is 25.5 Å². The van der Waals surface area contributed by atoms with Crippen LogP contribution >= 0.6 is 0 Å². The molecular formula is C15H16N4O7S. The number of sulfonamides is 1. The van der Waals surface area contributed by atoms with Crippen molar-refractivity contribution in [2.45, 2.75) is 4.90 Å². The first-order chi connectivity index (χ1) is 12.7. The third-order valence-electron chi connectivity index (χ3n) is 3.40. The van der Waals surface area contributed by atoms with Gasteiger partial charge in [0.1, 0.15) is 5.69 Å². The van der Waals surface area contributed by atoms with Crippen molar-refractivity contribution in [3.8, 4) is 17.2 Å². The third-order valence-corrected chi connectivity index (χ3v) is 4.31. The van der Waals surface area contributed by atoms with E-state index in [2.05, 4.69) is 10.5 Å². The number of nitrogens with zero attached hydrogens (tertiary/aromatic N) is 2. The molecule has 0 aliphatic carbocycles. The number of phenols is 1. The molecule has 4 N–H and O–H groups in total. The van der Waals surface area contributed by atoms with E-state index in [1.54, 1.807) is 0 Å². The van der Waals surface area contributed by atoms with Crippen LogP contribution in [0.3, 0.4) is 0 Å². The Labute approximate surface area is 154 Å². The lowest BCUT2D eigenvalue weighted by atomic mass is 10.2. The lowest BCUT2D eigenvalue weighted by Crippen LogP contribution is -2.12. The van der Waals surface area contributed by atoms with Crippen molar-refractivity contribution in [3.63, 3.8) is 0 Å². The lowest BCUT2D eigenvalue weighted by Gasteiger charge is -2.09. The van der Waals surface area contributed by atoms with E-state index in [-0.39, 0.29) is 22.9 Å². The van der Waals surface area contributed by atoms with Gasteiger partial charge in [-0.3, -0.25) is 15.5 Å². The zero-order chi connectivity index (χ0) is 20.2. The second kappa shape index (κ2) is 7.88. The number of rotatable bonds is 7. The number of anilines is 1. The molecule has 0 aliphatic heterocycles. The Kier molecular flexibility index (Phi) is 5.82. The van der Waals surface area contributed by atoms with Gasteiger partial charge in [-0.05, 0) is 24.3 Å². The van der Waals surface area contributed by atoms with Gasteiger partial charge in [0.15, 0.2) is 11.5 Å². The number of hydrogen-bond donors (Lipinski definition) is 3. The first-order valence-corrected chi connectivity index (χ1v) is 8.77. The van der Waals surface area contributed by atoms with Gasteiger partial charge < -0.3 is 14.6 Å². The van der Waals surface area contributed by atoms with E-state index in [1.807, 2.05) is 0 Å². The number of ether oxygens (including phenoxy) is 2. The molecule has 0 spiro atoms. The smallest absolute Gasteiger partial charge is 0.295 e. The van der Waals surface area contributed by atoms with Gasteiger partial charge in [0, 0.05) is 11.6 Å². The fraction of sp³-hybridized carbons (Fsp3) is 0.133. The SMILES string of the molecule is COc1cc(/C=N/Nc2ccc(S(N)(=O)=O)cc2[N+](=O)[O-])cc(OC)c1O. The highest BCUT2D eigenvalue weighted by Gasteiger charge is 2.19. The van der Waals surface area contributed by atoms with Crippen molar-refractivity contribution in [2.75, 3.05) is 19.6 Å². The number of nitrogens with one attached hydrogen (secondary N) is 1. The van der Waals surface area contributed by atoms with Crippen molar-refractivity contribution >= 4 is 27.6 Å². The Balaban J connectivity index is 2.32. The van der Waals surface area contributed by atoms with Crippen molar-refractivity contribution in [3.05, 3.63) is 46.0 Å². The number of hydrazone groups is 1. The molecule has 2 rings (SSSR count). The predicted octanol–water partition coefficient (Wildman–Crippen LogP) is 1.41. The number of nitro benzene ring substituents is 1. The van der Waals surface area contributed by atoms with Crippen molar-refractivity contribution in [2.24, 2.45) is 10.2 Å². The van der Waals surface area contributed by atoms with E-state index in [9.17, 15) is 23.6 Å². The molecule has 0 heterocycles. The molecule has 27 heavy (non-hydrogen) atoms. The standard InChI is InChI=1S/C15H16N4O7S/c1-25-13-5-9(6-14(26-2)15(13)20)8-17-18-11-4-3-10(27(16,23)24)7-12(11)19(21)22/h3-8,18,20H,1-2H3,(H2,16,23,24)/b17-8+. The summed E-state index contributed by atoms with van der Waals surface area (Å²) < 4.78 is 32.7. The molecule has 0 bridgehead atoms. The third kappa shape index (κ3) is 4.62. The summed E-state index contributed by atoms with van der Waals surface area (Å²) in [5.41, 5.74) is 2.37. The van der Waals surface area contributed by atoms with Crippen LogP contribution in [0.4, 0.5) is 11.4 Å². The minimum absolute atomic E-state index is 0.0404. The number of hydrogen-bond acceptors (Lipinski definition) is 9. The van der Waals surface area contributed by atoms with Crippen molar-refractivity contribution in [1.82, 2.24) is 0 Å². The van der Waals surface area contributed by atoms with E-state index in [4.69, 9.17) is 14.6 Å². The Morgan fingerprint density at radius 2 is 1.81 bits per heavy atom. The molecule has 0 unspecified atom stereocenters. The Hall–Kier alpha value is -3.38. The quantitative estimate of drug-likeness (QED) is 0.359. The topological polar surface area (TPSA) is 166 Å². The van der Waals surface area contributed by atoms with Crippen molar-refractivity contribution < 1.29 is 27.9 Å². The van der Waals surface area contributed by atoms with Crippen LogP contribution in [0, 0.1) is 10.1 Å². The molecule has 0 fully saturated rings. The minimum atomic E-state index is -4.08. The van der Waals surface area contributed by atoms with Gasteiger partial charge in [0.2, 0.25) is 15.8 Å². The van der Waals surface area contributed by atoms with Gasteiger partial charge in [0.25, 0.3) is 5.69 Å². The average Bonchev–Trinajstić information content (AvgIpc) is 2.61. The molecule has 0 aliphatic rings. The summed E-state index contributed by atoms with van der Waals surface area (Å²) in [6.07, 6.45) is 1.31. The highest BCUT2D eigenvalue weighted by atomic mass is 32.2. The monoisotopic (exact) mass is 396 g/mol.